The van der Waals surface area contributed by atoms with Crippen LogP contribution in [0.5, 0.6) is 0 Å². The van der Waals surface area contributed by atoms with Gasteiger partial charge < -0.3 is 18.0 Å². The normalized spacial score (nSPS) is 15.9. The maximum absolute atomic E-state index is 13.9. The van der Waals surface area contributed by atoms with Gasteiger partial charge in [0.05, 0.1) is 9.99 Å². The summed E-state index contributed by atoms with van der Waals surface area (Å²) in [6.45, 7) is 1.95. The van der Waals surface area contributed by atoms with E-state index in [1.807, 2.05) is 6.92 Å². The zero-order valence-corrected chi connectivity index (χ0v) is 15.6. The molecule has 22 heavy (non-hydrogen) atoms. The van der Waals surface area contributed by atoms with E-state index in [0.29, 0.717) is 16.4 Å². The van der Waals surface area contributed by atoms with Gasteiger partial charge in [0.1, 0.15) is 11.4 Å². The van der Waals surface area contributed by atoms with Gasteiger partial charge in [-0.05, 0) is 47.3 Å². The molecule has 0 amide bonds. The number of hydrogen-bond acceptors (Lipinski definition) is 2. The predicted molar refractivity (Wildman–Crippen MR) is 87.4 cm³/mol. The minimum absolute atomic E-state index is 0. The summed E-state index contributed by atoms with van der Waals surface area (Å²) in [5, 5.41) is 9.26. The van der Waals surface area contributed by atoms with Gasteiger partial charge in [-0.2, -0.15) is 0 Å². The van der Waals surface area contributed by atoms with Gasteiger partial charge in [-0.15, -0.1) is 0 Å². The average molecular weight is 400 g/mol. The van der Waals surface area contributed by atoms with Crippen molar-refractivity contribution >= 4 is 70.5 Å². The second-order valence-corrected chi connectivity index (χ2v) is 5.81. The van der Waals surface area contributed by atoms with Crippen LogP contribution in [0, 0.1) is 5.82 Å². The monoisotopic (exact) mass is 399 g/mol. The smallest absolute Gasteiger partial charge is 1.00 e. The van der Waals surface area contributed by atoms with Crippen LogP contribution >= 0.6 is 15.9 Å². The van der Waals surface area contributed by atoms with Crippen LogP contribution < -0.4 is 5.43 Å². The van der Waals surface area contributed by atoms with Gasteiger partial charge in [0.15, 0.2) is 0 Å². The predicted octanol–water partition coefficient (Wildman–Crippen LogP) is 2.13. The quantitative estimate of drug-likeness (QED) is 0.744. The Labute approximate surface area is 166 Å². The van der Waals surface area contributed by atoms with E-state index < -0.39 is 17.2 Å². The topological polar surface area (TPSA) is 90.8 Å². The van der Waals surface area contributed by atoms with E-state index in [-0.39, 0.29) is 63.1 Å². The van der Waals surface area contributed by atoms with Crippen molar-refractivity contribution in [2.45, 2.75) is 25.8 Å². The van der Waals surface area contributed by atoms with Crippen molar-refractivity contribution in [2.75, 3.05) is 0 Å². The van der Waals surface area contributed by atoms with Crippen molar-refractivity contribution in [1.82, 2.24) is 4.57 Å². The fourth-order valence-electron chi connectivity index (χ4n) is 2.76. The van der Waals surface area contributed by atoms with Crippen LogP contribution in [0.4, 0.5) is 4.39 Å². The number of pyridine rings is 1. The first-order valence-corrected chi connectivity index (χ1v) is 7.00. The van der Waals surface area contributed by atoms with Gasteiger partial charge in [-0.3, -0.25) is 4.79 Å². The summed E-state index contributed by atoms with van der Waals surface area (Å²) in [4.78, 5) is 23.4. The molecule has 0 bridgehead atoms. The fourth-order valence-corrected chi connectivity index (χ4v) is 3.27. The number of carboxylic acid groups (broad SMARTS) is 1. The molecule has 0 radical (unpaired) electrons. The number of aromatic nitrogens is 1. The Hall–Kier alpha value is -0.470. The molecular formula is C14H15BrCaFNO4. The Balaban J connectivity index is 0. The molecule has 116 valence electrons. The molecule has 1 aromatic heterocycles. The van der Waals surface area contributed by atoms with Crippen LogP contribution in [-0.4, -0.2) is 58.9 Å². The number of aryl methyl sites for hydroxylation is 1. The summed E-state index contributed by atoms with van der Waals surface area (Å²) >= 11 is 3.21. The molecule has 1 unspecified atom stereocenters. The summed E-state index contributed by atoms with van der Waals surface area (Å²) in [7, 11) is 0. The van der Waals surface area contributed by atoms with Crippen LogP contribution in [0.15, 0.2) is 21.5 Å². The minimum Gasteiger partial charge on any atom is -1.00 e. The zero-order valence-electron chi connectivity index (χ0n) is 13.8. The Bertz CT molecular complexity index is 831. The van der Waals surface area contributed by atoms with Gasteiger partial charge in [-0.25, -0.2) is 9.18 Å². The molecule has 0 saturated carbocycles. The molecule has 0 aliphatic carbocycles. The van der Waals surface area contributed by atoms with Crippen molar-refractivity contribution in [3.8, 4) is 0 Å². The number of aromatic carboxylic acids is 1. The number of carboxylic acids is 1. The Morgan fingerprint density at radius 1 is 1.55 bits per heavy atom. The number of nitrogens with zero attached hydrogens (tertiary/aromatic N) is 1. The second kappa shape index (κ2) is 6.96. The zero-order chi connectivity index (χ0) is 14.6. The van der Waals surface area contributed by atoms with Gasteiger partial charge in [0.25, 0.3) is 0 Å². The number of rotatable bonds is 1. The van der Waals surface area contributed by atoms with E-state index >= 15 is 0 Å². The molecule has 3 N–H and O–H groups in total. The minimum atomic E-state index is -1.29. The van der Waals surface area contributed by atoms with E-state index in [9.17, 15) is 14.0 Å². The van der Waals surface area contributed by atoms with E-state index in [1.165, 1.54) is 6.20 Å². The summed E-state index contributed by atoms with van der Waals surface area (Å²) in [6, 6.07) is 1.19. The molecule has 0 spiro atoms. The van der Waals surface area contributed by atoms with Crippen LogP contribution in [0.1, 0.15) is 38.2 Å². The number of halogens is 2. The number of hydrogen-bond donors (Lipinski definition) is 1. The van der Waals surface area contributed by atoms with Crippen LogP contribution in [0.2, 0.25) is 0 Å². The maximum atomic E-state index is 13.9. The molecule has 1 atom stereocenters. The number of benzene rings is 1. The Kier molecular flexibility index (Phi) is 6.20. The molecule has 0 saturated heterocycles. The molecule has 2 heterocycles. The Morgan fingerprint density at radius 2 is 2.18 bits per heavy atom. The molecular weight excluding hydrogens is 385 g/mol. The third kappa shape index (κ3) is 2.85. The SMILES string of the molecule is CC1CCc2c(Br)c(F)cc3c(=O)c(C(=O)O)cn1c23.O.[Ca+2].[H-].[H-]. The van der Waals surface area contributed by atoms with E-state index in [1.54, 1.807) is 4.57 Å². The molecule has 3 rings (SSSR count). The van der Waals surface area contributed by atoms with Gasteiger partial charge in [-0.1, -0.05) is 0 Å². The van der Waals surface area contributed by atoms with Crippen LogP contribution in [-0.2, 0) is 6.42 Å². The molecule has 5 nitrogen and oxygen atoms in total. The Morgan fingerprint density at radius 3 is 2.77 bits per heavy atom. The van der Waals surface area contributed by atoms with E-state index in [2.05, 4.69) is 15.9 Å². The first-order chi connectivity index (χ1) is 9.41. The molecule has 1 aliphatic heterocycles. The first-order valence-electron chi connectivity index (χ1n) is 6.21. The van der Waals surface area contributed by atoms with Crippen molar-refractivity contribution in [1.29, 1.82) is 0 Å². The third-order valence-corrected chi connectivity index (χ3v) is 4.68. The maximum Gasteiger partial charge on any atom is 2.00 e. The largest absolute Gasteiger partial charge is 2.00 e. The molecule has 1 aromatic carbocycles. The third-order valence-electron chi connectivity index (χ3n) is 3.82. The molecule has 8 heteroatoms. The van der Waals surface area contributed by atoms with Gasteiger partial charge in [0.2, 0.25) is 5.43 Å². The van der Waals surface area contributed by atoms with Crippen LogP contribution in [0.25, 0.3) is 10.9 Å². The van der Waals surface area contributed by atoms with Crippen molar-refractivity contribution < 1.29 is 22.6 Å². The second-order valence-electron chi connectivity index (χ2n) is 5.02. The standard InChI is InChI=1S/C14H11BrFNO3.Ca.H2O.2H/c1-6-2-3-7-11(15)10(16)4-8-12(7)17(6)5-9(13(8)18)14(19)20;;;;/h4-6H,2-3H2,1H3,(H,19,20);;1H2;;/q;+2;;2*-1. The van der Waals surface area contributed by atoms with Crippen LogP contribution in [0.3, 0.4) is 0 Å². The van der Waals surface area contributed by atoms with Gasteiger partial charge >= 0.3 is 43.7 Å². The summed E-state index contributed by atoms with van der Waals surface area (Å²) in [5.74, 6) is -1.82. The summed E-state index contributed by atoms with van der Waals surface area (Å²) < 4.78 is 16.0. The van der Waals surface area contributed by atoms with Crippen molar-refractivity contribution in [2.24, 2.45) is 0 Å². The molecule has 2 aromatic rings. The van der Waals surface area contributed by atoms with Gasteiger partial charge in [0, 0.05) is 17.6 Å². The summed E-state index contributed by atoms with van der Waals surface area (Å²) in [6.07, 6.45) is 2.79. The van der Waals surface area contributed by atoms with Crippen molar-refractivity contribution in [3.05, 3.63) is 43.9 Å². The van der Waals surface area contributed by atoms with E-state index in [0.717, 1.165) is 18.1 Å². The fraction of sp³-hybridized carbons (Fsp3) is 0.286. The summed E-state index contributed by atoms with van der Waals surface area (Å²) in [5.41, 5.74) is 0.406. The van der Waals surface area contributed by atoms with E-state index in [4.69, 9.17) is 5.11 Å². The van der Waals surface area contributed by atoms with Crippen molar-refractivity contribution in [3.63, 3.8) is 0 Å². The molecule has 0 fully saturated rings. The first kappa shape index (κ1) is 19.6. The average Bonchev–Trinajstić information content (AvgIpc) is 2.39. The number of carbonyl (C=O) groups is 1. The molecule has 1 aliphatic rings.